The Morgan fingerprint density at radius 3 is 2.54 bits per heavy atom. The van der Waals surface area contributed by atoms with Gasteiger partial charge in [0.1, 0.15) is 5.60 Å². The molecule has 1 amide bonds. The third-order valence-corrected chi connectivity index (χ3v) is 4.37. The molecular weight excluding hydrogens is 326 g/mol. The number of nitrogens with zero attached hydrogens (tertiary/aromatic N) is 1. The zero-order valence-corrected chi connectivity index (χ0v) is 16.4. The molecule has 0 atom stereocenters. The van der Waals surface area contributed by atoms with E-state index in [0.29, 0.717) is 12.5 Å². The Morgan fingerprint density at radius 1 is 1.19 bits per heavy atom. The van der Waals surface area contributed by atoms with Gasteiger partial charge < -0.3 is 14.4 Å². The van der Waals surface area contributed by atoms with Gasteiger partial charge in [-0.3, -0.25) is 0 Å². The molecule has 2 rings (SSSR count). The highest BCUT2D eigenvalue weighted by Gasteiger charge is 2.25. The van der Waals surface area contributed by atoms with Crippen LogP contribution in [-0.2, 0) is 16.1 Å². The molecule has 4 heteroatoms. The van der Waals surface area contributed by atoms with Crippen LogP contribution in [0.15, 0.2) is 42.5 Å². The van der Waals surface area contributed by atoms with E-state index >= 15 is 0 Å². The lowest BCUT2D eigenvalue weighted by Gasteiger charge is -2.32. The number of carbonyl (C=O) groups is 1. The number of allylic oxidation sites excluding steroid dienone is 2. The summed E-state index contributed by atoms with van der Waals surface area (Å²) in [5.41, 5.74) is 0.802. The van der Waals surface area contributed by atoms with Gasteiger partial charge in [0, 0.05) is 19.7 Å². The molecule has 1 aromatic rings. The molecule has 0 radical (unpaired) electrons. The van der Waals surface area contributed by atoms with E-state index < -0.39 is 5.60 Å². The molecule has 0 bridgehead atoms. The standard InChI is InChI=1S/C22H33NO3/c1-22(2,3)26-21(24)23-15-13-19(14-16-23)10-8-5-9-17-25-18-20-11-6-4-7-12-20/h4,6-8,10-12,19H,5,9,13-18H2,1-3H3/b10-8-. The number of amides is 1. The van der Waals surface area contributed by atoms with Gasteiger partial charge in [-0.15, -0.1) is 0 Å². The number of hydrogen-bond donors (Lipinski definition) is 0. The van der Waals surface area contributed by atoms with Crippen molar-refractivity contribution in [3.8, 4) is 0 Å². The van der Waals surface area contributed by atoms with Crippen molar-refractivity contribution in [2.45, 2.75) is 58.7 Å². The minimum absolute atomic E-state index is 0.185. The van der Waals surface area contributed by atoms with Crippen molar-refractivity contribution < 1.29 is 14.3 Å². The van der Waals surface area contributed by atoms with Gasteiger partial charge in [-0.1, -0.05) is 42.5 Å². The molecule has 4 nitrogen and oxygen atoms in total. The molecule has 0 aromatic heterocycles. The molecule has 0 saturated carbocycles. The van der Waals surface area contributed by atoms with Gasteiger partial charge in [-0.2, -0.15) is 0 Å². The summed E-state index contributed by atoms with van der Waals surface area (Å²) in [7, 11) is 0. The van der Waals surface area contributed by atoms with Gasteiger partial charge in [-0.25, -0.2) is 4.79 Å². The monoisotopic (exact) mass is 359 g/mol. The predicted molar refractivity (Wildman–Crippen MR) is 105 cm³/mol. The third kappa shape index (κ3) is 8.05. The number of benzene rings is 1. The Balaban J connectivity index is 1.54. The largest absolute Gasteiger partial charge is 0.444 e. The van der Waals surface area contributed by atoms with Crippen LogP contribution in [0.4, 0.5) is 4.79 Å². The smallest absolute Gasteiger partial charge is 0.410 e. The second-order valence-corrected chi connectivity index (χ2v) is 7.91. The summed E-state index contributed by atoms with van der Waals surface area (Å²) in [5.74, 6) is 0.568. The lowest BCUT2D eigenvalue weighted by molar-refractivity contribution is 0.0197. The minimum Gasteiger partial charge on any atom is -0.444 e. The number of rotatable bonds is 7. The van der Waals surface area contributed by atoms with Crippen LogP contribution in [0, 0.1) is 5.92 Å². The summed E-state index contributed by atoms with van der Waals surface area (Å²) >= 11 is 0. The first-order valence-electron chi connectivity index (χ1n) is 9.70. The van der Waals surface area contributed by atoms with Gasteiger partial charge in [0.15, 0.2) is 0 Å². The minimum atomic E-state index is -0.420. The molecule has 0 aliphatic carbocycles. The fourth-order valence-electron chi connectivity index (χ4n) is 2.96. The van der Waals surface area contributed by atoms with Crippen LogP contribution >= 0.6 is 0 Å². The van der Waals surface area contributed by atoms with E-state index in [4.69, 9.17) is 9.47 Å². The summed E-state index contributed by atoms with van der Waals surface area (Å²) in [5, 5.41) is 0. The first-order chi connectivity index (χ1) is 12.4. The van der Waals surface area contributed by atoms with Gasteiger partial charge in [0.2, 0.25) is 0 Å². The van der Waals surface area contributed by atoms with E-state index in [9.17, 15) is 4.79 Å². The zero-order chi connectivity index (χ0) is 18.8. The summed E-state index contributed by atoms with van der Waals surface area (Å²) < 4.78 is 11.1. The van der Waals surface area contributed by atoms with Crippen molar-refractivity contribution in [2.75, 3.05) is 19.7 Å². The molecular formula is C22H33NO3. The number of unbranched alkanes of at least 4 members (excludes halogenated alkanes) is 1. The number of hydrogen-bond acceptors (Lipinski definition) is 3. The van der Waals surface area contributed by atoms with Gasteiger partial charge in [0.25, 0.3) is 0 Å². The predicted octanol–water partition coefficient (Wildman–Crippen LogP) is 5.19. The van der Waals surface area contributed by atoms with Gasteiger partial charge in [-0.05, 0) is 57.9 Å². The highest BCUT2D eigenvalue weighted by Crippen LogP contribution is 2.21. The molecule has 0 spiro atoms. The fraction of sp³-hybridized carbons (Fsp3) is 0.591. The summed E-state index contributed by atoms with van der Waals surface area (Å²) in [4.78, 5) is 13.9. The fourth-order valence-corrected chi connectivity index (χ4v) is 2.96. The first-order valence-corrected chi connectivity index (χ1v) is 9.70. The second kappa shape index (κ2) is 10.4. The highest BCUT2D eigenvalue weighted by atomic mass is 16.6. The van der Waals surface area contributed by atoms with Gasteiger partial charge in [0.05, 0.1) is 6.61 Å². The number of likely N-dealkylation sites (tertiary alicyclic amines) is 1. The molecule has 0 N–H and O–H groups in total. The lowest BCUT2D eigenvalue weighted by Crippen LogP contribution is -2.41. The van der Waals surface area contributed by atoms with E-state index in [1.165, 1.54) is 5.56 Å². The number of ether oxygens (including phenoxy) is 2. The van der Waals surface area contributed by atoms with Crippen LogP contribution in [-0.4, -0.2) is 36.3 Å². The van der Waals surface area contributed by atoms with Crippen LogP contribution in [0.5, 0.6) is 0 Å². The van der Waals surface area contributed by atoms with Gasteiger partial charge >= 0.3 is 6.09 Å². The van der Waals surface area contributed by atoms with E-state index in [-0.39, 0.29) is 6.09 Å². The van der Waals surface area contributed by atoms with Crippen molar-refractivity contribution in [1.82, 2.24) is 4.90 Å². The topological polar surface area (TPSA) is 38.8 Å². The Bertz CT molecular complexity index is 555. The molecule has 1 aliphatic rings. The van der Waals surface area contributed by atoms with E-state index in [1.54, 1.807) is 0 Å². The molecule has 1 fully saturated rings. The molecule has 1 heterocycles. The van der Waals surface area contributed by atoms with Crippen molar-refractivity contribution >= 4 is 6.09 Å². The van der Waals surface area contributed by atoms with Crippen LogP contribution < -0.4 is 0 Å². The lowest BCUT2D eigenvalue weighted by atomic mass is 9.96. The zero-order valence-electron chi connectivity index (χ0n) is 16.4. The number of piperidine rings is 1. The van der Waals surface area contributed by atoms with Crippen molar-refractivity contribution in [3.05, 3.63) is 48.0 Å². The van der Waals surface area contributed by atoms with Crippen LogP contribution in [0.3, 0.4) is 0 Å². The maximum atomic E-state index is 12.1. The quantitative estimate of drug-likeness (QED) is 0.497. The first kappa shape index (κ1) is 20.5. The van der Waals surface area contributed by atoms with Crippen LogP contribution in [0.25, 0.3) is 0 Å². The van der Waals surface area contributed by atoms with Crippen molar-refractivity contribution in [3.63, 3.8) is 0 Å². The van der Waals surface area contributed by atoms with E-state index in [0.717, 1.165) is 45.4 Å². The molecule has 1 aromatic carbocycles. The number of carbonyl (C=O) groups excluding carboxylic acids is 1. The maximum absolute atomic E-state index is 12.1. The van der Waals surface area contributed by atoms with E-state index in [2.05, 4.69) is 24.3 Å². The van der Waals surface area contributed by atoms with Crippen LogP contribution in [0.1, 0.15) is 52.0 Å². The molecule has 1 aliphatic heterocycles. The Hall–Kier alpha value is -1.81. The van der Waals surface area contributed by atoms with Crippen molar-refractivity contribution in [1.29, 1.82) is 0 Å². The molecule has 144 valence electrons. The summed E-state index contributed by atoms with van der Waals surface area (Å²) in [6.45, 7) is 8.76. The normalized spacial score (nSPS) is 16.2. The molecule has 0 unspecified atom stereocenters. The Labute approximate surface area is 158 Å². The van der Waals surface area contributed by atoms with Crippen LogP contribution in [0.2, 0.25) is 0 Å². The SMILES string of the molecule is CC(C)(C)OC(=O)N1CCC(/C=C\CCCOCc2ccccc2)CC1. The van der Waals surface area contributed by atoms with Crippen molar-refractivity contribution in [2.24, 2.45) is 5.92 Å². The highest BCUT2D eigenvalue weighted by molar-refractivity contribution is 5.68. The summed E-state index contributed by atoms with van der Waals surface area (Å²) in [6, 6.07) is 10.3. The summed E-state index contributed by atoms with van der Waals surface area (Å²) in [6.07, 6.45) is 8.50. The molecule has 1 saturated heterocycles. The average molecular weight is 360 g/mol. The van der Waals surface area contributed by atoms with E-state index in [1.807, 2.05) is 43.9 Å². The second-order valence-electron chi connectivity index (χ2n) is 7.91. The molecule has 26 heavy (non-hydrogen) atoms. The Morgan fingerprint density at radius 2 is 1.88 bits per heavy atom. The average Bonchev–Trinajstić information content (AvgIpc) is 2.61. The maximum Gasteiger partial charge on any atom is 0.410 e. The Kier molecular flexibility index (Phi) is 8.17. The third-order valence-electron chi connectivity index (χ3n) is 4.37.